The average Bonchev–Trinajstić information content (AvgIpc) is 3.17. The van der Waals surface area contributed by atoms with E-state index in [2.05, 4.69) is 10.3 Å². The Morgan fingerprint density at radius 3 is 2.43 bits per heavy atom. The summed E-state index contributed by atoms with van der Waals surface area (Å²) in [5, 5.41) is 3.82. The highest BCUT2D eigenvalue weighted by molar-refractivity contribution is 6.06. The number of aromatic amines is 1. The number of benzene rings is 3. The summed E-state index contributed by atoms with van der Waals surface area (Å²) in [7, 11) is 1.62. The third-order valence-electron chi connectivity index (χ3n) is 4.43. The molecular formula is C23H20N2O3. The topological polar surface area (TPSA) is 63.4 Å². The molecule has 0 saturated carbocycles. The Morgan fingerprint density at radius 2 is 1.68 bits per heavy atom. The fourth-order valence-corrected chi connectivity index (χ4v) is 2.93. The summed E-state index contributed by atoms with van der Waals surface area (Å²) in [4.78, 5) is 15.7. The Hall–Kier alpha value is -3.73. The van der Waals surface area contributed by atoms with Crippen LogP contribution in [-0.2, 0) is 6.61 Å². The molecule has 0 unspecified atom stereocenters. The van der Waals surface area contributed by atoms with Crippen molar-refractivity contribution in [3.8, 4) is 11.5 Å². The molecule has 0 aliphatic rings. The molecule has 0 atom stereocenters. The number of fused-ring (bicyclic) bond motifs is 1. The Kier molecular flexibility index (Phi) is 4.97. The lowest BCUT2D eigenvalue weighted by molar-refractivity contribution is 0.102. The molecule has 0 fully saturated rings. The minimum atomic E-state index is -0.201. The van der Waals surface area contributed by atoms with E-state index < -0.39 is 0 Å². The third kappa shape index (κ3) is 3.99. The number of carbonyl (C=O) groups excluding carboxylic acids is 1. The molecule has 140 valence electrons. The smallest absolute Gasteiger partial charge is 0.272 e. The molecule has 2 N–H and O–H groups in total. The van der Waals surface area contributed by atoms with Gasteiger partial charge in [-0.1, -0.05) is 30.3 Å². The van der Waals surface area contributed by atoms with Gasteiger partial charge >= 0.3 is 0 Å². The van der Waals surface area contributed by atoms with Crippen LogP contribution in [0.25, 0.3) is 10.9 Å². The predicted octanol–water partition coefficient (Wildman–Crippen LogP) is 5.01. The first kappa shape index (κ1) is 17.7. The van der Waals surface area contributed by atoms with Crippen LogP contribution >= 0.6 is 0 Å². The molecule has 5 nitrogen and oxygen atoms in total. The van der Waals surface area contributed by atoms with E-state index >= 15 is 0 Å². The Bertz CT molecular complexity index is 1090. The second-order valence-corrected chi connectivity index (χ2v) is 6.39. The standard InChI is InChI=1S/C23H20N2O3/c1-27-20-11-12-21-17(13-20)14-22(25-21)23(26)24-18-7-9-19(10-8-18)28-15-16-5-3-2-4-6-16/h2-14,25H,15H2,1H3,(H,24,26). The van der Waals surface area contributed by atoms with Crippen LogP contribution in [0.5, 0.6) is 11.5 Å². The maximum atomic E-state index is 12.5. The zero-order valence-corrected chi connectivity index (χ0v) is 15.4. The molecule has 1 heterocycles. The first-order chi connectivity index (χ1) is 13.7. The van der Waals surface area contributed by atoms with E-state index in [1.165, 1.54) is 0 Å². The molecule has 0 radical (unpaired) electrons. The van der Waals surface area contributed by atoms with Gasteiger partial charge in [0.2, 0.25) is 0 Å². The predicted molar refractivity (Wildman–Crippen MR) is 110 cm³/mol. The number of carbonyl (C=O) groups is 1. The number of ether oxygens (including phenoxy) is 2. The van der Waals surface area contributed by atoms with Crippen LogP contribution in [-0.4, -0.2) is 18.0 Å². The zero-order chi connectivity index (χ0) is 19.3. The summed E-state index contributed by atoms with van der Waals surface area (Å²) in [6.45, 7) is 0.505. The van der Waals surface area contributed by atoms with Crippen LogP contribution in [0.1, 0.15) is 16.1 Å². The summed E-state index contributed by atoms with van der Waals surface area (Å²) in [6, 6.07) is 24.8. The van der Waals surface area contributed by atoms with Crippen molar-refractivity contribution in [2.45, 2.75) is 6.61 Å². The molecule has 3 aromatic carbocycles. The van der Waals surface area contributed by atoms with E-state index in [9.17, 15) is 4.79 Å². The van der Waals surface area contributed by atoms with Gasteiger partial charge in [-0.25, -0.2) is 0 Å². The van der Waals surface area contributed by atoms with Gasteiger partial charge in [-0.15, -0.1) is 0 Å². The largest absolute Gasteiger partial charge is 0.497 e. The second-order valence-electron chi connectivity index (χ2n) is 6.39. The Labute approximate surface area is 162 Å². The van der Waals surface area contributed by atoms with Crippen LogP contribution in [0.4, 0.5) is 5.69 Å². The van der Waals surface area contributed by atoms with Crippen molar-refractivity contribution in [1.29, 1.82) is 0 Å². The molecule has 0 saturated heterocycles. The van der Waals surface area contributed by atoms with Crippen molar-refractivity contribution in [1.82, 2.24) is 4.98 Å². The molecule has 0 spiro atoms. The minimum Gasteiger partial charge on any atom is -0.497 e. The van der Waals surface area contributed by atoms with E-state index in [1.54, 1.807) is 7.11 Å². The fraction of sp³-hybridized carbons (Fsp3) is 0.0870. The van der Waals surface area contributed by atoms with Crippen molar-refractivity contribution in [3.63, 3.8) is 0 Å². The lowest BCUT2D eigenvalue weighted by Gasteiger charge is -2.08. The van der Waals surface area contributed by atoms with Gasteiger partial charge in [-0.2, -0.15) is 0 Å². The summed E-state index contributed by atoms with van der Waals surface area (Å²) >= 11 is 0. The number of hydrogen-bond donors (Lipinski definition) is 2. The third-order valence-corrected chi connectivity index (χ3v) is 4.43. The van der Waals surface area contributed by atoms with Gasteiger partial charge in [0, 0.05) is 16.6 Å². The average molecular weight is 372 g/mol. The van der Waals surface area contributed by atoms with Gasteiger partial charge in [-0.3, -0.25) is 4.79 Å². The quantitative estimate of drug-likeness (QED) is 0.500. The molecule has 4 aromatic rings. The lowest BCUT2D eigenvalue weighted by Crippen LogP contribution is -2.12. The first-order valence-corrected chi connectivity index (χ1v) is 8.96. The molecule has 1 amide bonds. The molecule has 5 heteroatoms. The van der Waals surface area contributed by atoms with Gasteiger partial charge in [0.15, 0.2) is 0 Å². The second kappa shape index (κ2) is 7.88. The monoisotopic (exact) mass is 372 g/mol. The number of nitrogens with one attached hydrogen (secondary N) is 2. The summed E-state index contributed by atoms with van der Waals surface area (Å²) < 4.78 is 11.0. The maximum Gasteiger partial charge on any atom is 0.272 e. The van der Waals surface area contributed by atoms with Gasteiger partial charge in [0.1, 0.15) is 23.8 Å². The van der Waals surface area contributed by atoms with Crippen LogP contribution in [0.15, 0.2) is 78.9 Å². The van der Waals surface area contributed by atoms with Crippen LogP contribution < -0.4 is 14.8 Å². The SMILES string of the molecule is COc1ccc2[nH]c(C(=O)Nc3ccc(OCc4ccccc4)cc3)cc2c1. The molecule has 1 aromatic heterocycles. The number of methoxy groups -OCH3 is 1. The molecule has 4 rings (SSSR count). The fourth-order valence-electron chi connectivity index (χ4n) is 2.93. The zero-order valence-electron chi connectivity index (χ0n) is 15.4. The van der Waals surface area contributed by atoms with E-state index in [4.69, 9.17) is 9.47 Å². The molecule has 0 aliphatic carbocycles. The van der Waals surface area contributed by atoms with Crippen molar-refractivity contribution in [2.75, 3.05) is 12.4 Å². The van der Waals surface area contributed by atoms with E-state index in [0.29, 0.717) is 18.0 Å². The van der Waals surface area contributed by atoms with Gasteiger partial charge in [0.25, 0.3) is 5.91 Å². The molecule has 0 bridgehead atoms. The van der Waals surface area contributed by atoms with Crippen molar-refractivity contribution in [2.24, 2.45) is 0 Å². The highest BCUT2D eigenvalue weighted by Gasteiger charge is 2.10. The van der Waals surface area contributed by atoms with Crippen LogP contribution in [0.3, 0.4) is 0 Å². The number of aromatic nitrogens is 1. The highest BCUT2D eigenvalue weighted by atomic mass is 16.5. The number of hydrogen-bond acceptors (Lipinski definition) is 3. The van der Waals surface area contributed by atoms with Crippen LogP contribution in [0, 0.1) is 0 Å². The van der Waals surface area contributed by atoms with Crippen LogP contribution in [0.2, 0.25) is 0 Å². The van der Waals surface area contributed by atoms with E-state index in [0.717, 1.165) is 28.0 Å². The minimum absolute atomic E-state index is 0.201. The van der Waals surface area contributed by atoms with E-state index in [1.807, 2.05) is 78.9 Å². The summed E-state index contributed by atoms with van der Waals surface area (Å²) in [5.41, 5.74) is 3.19. The summed E-state index contributed by atoms with van der Waals surface area (Å²) in [6.07, 6.45) is 0. The number of rotatable bonds is 6. The normalized spacial score (nSPS) is 10.6. The van der Waals surface area contributed by atoms with Gasteiger partial charge in [-0.05, 0) is 54.1 Å². The maximum absolute atomic E-state index is 12.5. The molecule has 28 heavy (non-hydrogen) atoms. The van der Waals surface area contributed by atoms with Gasteiger partial charge < -0.3 is 19.8 Å². The Balaban J connectivity index is 1.40. The number of anilines is 1. The molecular weight excluding hydrogens is 352 g/mol. The highest BCUT2D eigenvalue weighted by Crippen LogP contribution is 2.22. The lowest BCUT2D eigenvalue weighted by atomic mass is 10.2. The molecule has 0 aliphatic heterocycles. The summed E-state index contributed by atoms with van der Waals surface area (Å²) in [5.74, 6) is 1.30. The van der Waals surface area contributed by atoms with E-state index in [-0.39, 0.29) is 5.91 Å². The number of H-pyrrole nitrogens is 1. The number of amides is 1. The van der Waals surface area contributed by atoms with Crippen molar-refractivity contribution < 1.29 is 14.3 Å². The Morgan fingerprint density at radius 1 is 0.929 bits per heavy atom. The first-order valence-electron chi connectivity index (χ1n) is 8.96. The van der Waals surface area contributed by atoms with Crippen molar-refractivity contribution in [3.05, 3.63) is 90.1 Å². The van der Waals surface area contributed by atoms with Crippen molar-refractivity contribution >= 4 is 22.5 Å². The van der Waals surface area contributed by atoms with Gasteiger partial charge in [0.05, 0.1) is 7.11 Å².